The summed E-state index contributed by atoms with van der Waals surface area (Å²) in [7, 11) is 0. The van der Waals surface area contributed by atoms with Gasteiger partial charge in [-0.05, 0) is 12.0 Å². The predicted molar refractivity (Wildman–Crippen MR) is 62.9 cm³/mol. The van der Waals surface area contributed by atoms with E-state index in [0.717, 1.165) is 16.9 Å². The van der Waals surface area contributed by atoms with E-state index in [0.29, 0.717) is 30.1 Å². The Kier molecular flexibility index (Phi) is 2.84. The van der Waals surface area contributed by atoms with Crippen LogP contribution in [0.1, 0.15) is 29.3 Å². The highest BCUT2D eigenvalue weighted by atomic mass is 32.1. The Labute approximate surface area is 98.3 Å². The Morgan fingerprint density at radius 2 is 2.44 bits per heavy atom. The fraction of sp³-hybridized carbons (Fsp3) is 0.455. The minimum Gasteiger partial charge on any atom is -0.389 e. The number of nitrogens with zero attached hydrogens (tertiary/aromatic N) is 2. The molecule has 84 valence electrons. The van der Waals surface area contributed by atoms with Crippen LogP contribution < -0.4 is 5.73 Å². The molecule has 2 heterocycles. The summed E-state index contributed by atoms with van der Waals surface area (Å²) in [4.78, 5) is 14.5. The zero-order valence-electron chi connectivity index (χ0n) is 9.12. The number of rotatable bonds is 1. The van der Waals surface area contributed by atoms with E-state index >= 15 is 0 Å². The summed E-state index contributed by atoms with van der Waals surface area (Å²) in [5.41, 5.74) is 7.44. The number of fused-ring (bicyclic) bond motifs is 1. The van der Waals surface area contributed by atoms with E-state index in [1.165, 1.54) is 11.3 Å². The van der Waals surface area contributed by atoms with Crippen LogP contribution in [-0.4, -0.2) is 17.4 Å². The molecular weight excluding hydrogens is 222 g/mol. The number of thiophene rings is 1. The number of nitrogens with two attached hydrogens (primary N) is 1. The Balaban J connectivity index is 2.29. The van der Waals surface area contributed by atoms with Gasteiger partial charge >= 0.3 is 0 Å². The second kappa shape index (κ2) is 4.14. The molecule has 2 N–H and O–H groups in total. The number of hydrogen-bond acceptors (Lipinski definition) is 4. The van der Waals surface area contributed by atoms with E-state index in [9.17, 15) is 4.79 Å². The van der Waals surface area contributed by atoms with Gasteiger partial charge in [0, 0.05) is 17.8 Å². The Hall–Kier alpha value is -1.54. The molecule has 0 saturated carbocycles. The number of anilines is 1. The summed E-state index contributed by atoms with van der Waals surface area (Å²) < 4.78 is 0. The molecule has 1 aliphatic heterocycles. The molecule has 1 amide bonds. The minimum absolute atomic E-state index is 0.163. The molecule has 1 aromatic heterocycles. The lowest BCUT2D eigenvalue weighted by Crippen LogP contribution is -2.34. The normalized spacial score (nSPS) is 14.4. The molecule has 4 nitrogen and oxygen atoms in total. The van der Waals surface area contributed by atoms with E-state index in [1.54, 1.807) is 0 Å². The van der Waals surface area contributed by atoms with Gasteiger partial charge in [-0.15, -0.1) is 11.3 Å². The highest BCUT2D eigenvalue weighted by Crippen LogP contribution is 2.34. The van der Waals surface area contributed by atoms with Crippen molar-refractivity contribution in [2.24, 2.45) is 0 Å². The average molecular weight is 235 g/mol. The zero-order chi connectivity index (χ0) is 11.7. The van der Waals surface area contributed by atoms with Crippen LogP contribution in [0.15, 0.2) is 0 Å². The van der Waals surface area contributed by atoms with Gasteiger partial charge in [-0.1, -0.05) is 6.92 Å². The first-order chi connectivity index (χ1) is 7.67. The molecule has 1 aliphatic rings. The van der Waals surface area contributed by atoms with E-state index in [4.69, 9.17) is 11.0 Å². The quantitative estimate of drug-likeness (QED) is 0.801. The van der Waals surface area contributed by atoms with E-state index in [2.05, 4.69) is 6.07 Å². The highest BCUT2D eigenvalue weighted by molar-refractivity contribution is 7.16. The van der Waals surface area contributed by atoms with Crippen LogP contribution in [0, 0.1) is 11.3 Å². The maximum Gasteiger partial charge on any atom is 0.222 e. The fourth-order valence-corrected chi connectivity index (χ4v) is 3.07. The lowest BCUT2D eigenvalue weighted by molar-refractivity contribution is -0.131. The molecule has 16 heavy (non-hydrogen) atoms. The van der Waals surface area contributed by atoms with Crippen molar-refractivity contribution in [3.05, 3.63) is 16.0 Å². The monoisotopic (exact) mass is 235 g/mol. The van der Waals surface area contributed by atoms with Gasteiger partial charge in [0.15, 0.2) is 0 Å². The standard InChI is InChI=1S/C11H13N3OS/c1-2-10(15)14-4-3-7-8(5-12)11(13)16-9(7)6-14/h2-4,6,13H2,1H3. The van der Waals surface area contributed by atoms with Crippen molar-refractivity contribution >= 4 is 22.2 Å². The van der Waals surface area contributed by atoms with Crippen LogP contribution >= 0.6 is 11.3 Å². The smallest absolute Gasteiger partial charge is 0.222 e. The lowest BCUT2D eigenvalue weighted by atomic mass is 10.0. The van der Waals surface area contributed by atoms with Gasteiger partial charge in [0.05, 0.1) is 12.1 Å². The minimum atomic E-state index is 0.163. The van der Waals surface area contributed by atoms with Crippen LogP contribution in [0.25, 0.3) is 0 Å². The van der Waals surface area contributed by atoms with Crippen molar-refractivity contribution in [2.45, 2.75) is 26.3 Å². The number of nitrogen functional groups attached to an aromatic ring is 1. The summed E-state index contributed by atoms with van der Waals surface area (Å²) in [6.45, 7) is 3.17. The molecule has 0 spiro atoms. The molecule has 1 aromatic rings. The van der Waals surface area contributed by atoms with Crippen molar-refractivity contribution in [1.29, 1.82) is 5.26 Å². The largest absolute Gasteiger partial charge is 0.389 e. The SMILES string of the molecule is CCC(=O)N1CCc2c(sc(N)c2C#N)C1. The highest BCUT2D eigenvalue weighted by Gasteiger charge is 2.25. The van der Waals surface area contributed by atoms with Crippen molar-refractivity contribution in [3.8, 4) is 6.07 Å². The van der Waals surface area contributed by atoms with E-state index < -0.39 is 0 Å². The van der Waals surface area contributed by atoms with Crippen molar-refractivity contribution in [1.82, 2.24) is 4.90 Å². The number of carbonyl (C=O) groups is 1. The second-order valence-electron chi connectivity index (χ2n) is 3.77. The first kappa shape index (κ1) is 11.0. The first-order valence-corrected chi connectivity index (χ1v) is 6.06. The Morgan fingerprint density at radius 1 is 1.69 bits per heavy atom. The first-order valence-electron chi connectivity index (χ1n) is 5.25. The summed E-state index contributed by atoms with van der Waals surface area (Å²) >= 11 is 1.43. The molecule has 0 aromatic carbocycles. The van der Waals surface area contributed by atoms with Gasteiger partial charge in [0.2, 0.25) is 5.91 Å². The van der Waals surface area contributed by atoms with Gasteiger partial charge in [0.1, 0.15) is 11.1 Å². The third-order valence-corrected chi connectivity index (χ3v) is 3.90. The van der Waals surface area contributed by atoms with Gasteiger partial charge < -0.3 is 10.6 Å². The molecule has 0 radical (unpaired) electrons. The zero-order valence-corrected chi connectivity index (χ0v) is 9.93. The van der Waals surface area contributed by atoms with Crippen LogP contribution in [0.3, 0.4) is 0 Å². The van der Waals surface area contributed by atoms with Gasteiger partial charge in [0.25, 0.3) is 0 Å². The van der Waals surface area contributed by atoms with Crippen LogP contribution in [0.5, 0.6) is 0 Å². The van der Waals surface area contributed by atoms with Crippen molar-refractivity contribution in [3.63, 3.8) is 0 Å². The second-order valence-corrected chi connectivity index (χ2v) is 4.91. The van der Waals surface area contributed by atoms with E-state index in [1.807, 2.05) is 11.8 Å². The average Bonchev–Trinajstić information content (AvgIpc) is 2.62. The number of amides is 1. The molecule has 0 aliphatic carbocycles. The third kappa shape index (κ3) is 1.65. The van der Waals surface area contributed by atoms with Crippen LogP contribution in [-0.2, 0) is 17.8 Å². The summed E-state index contributed by atoms with van der Waals surface area (Å²) in [5.74, 6) is 0.163. The molecule has 0 fully saturated rings. The van der Waals surface area contributed by atoms with Crippen molar-refractivity contribution < 1.29 is 4.79 Å². The summed E-state index contributed by atoms with van der Waals surface area (Å²) in [6.07, 6.45) is 1.28. The van der Waals surface area contributed by atoms with Crippen LogP contribution in [0.4, 0.5) is 5.00 Å². The Bertz CT molecular complexity index is 472. The maximum absolute atomic E-state index is 11.6. The maximum atomic E-state index is 11.6. The third-order valence-electron chi connectivity index (χ3n) is 2.85. The lowest BCUT2D eigenvalue weighted by Gasteiger charge is -2.26. The molecule has 0 atom stereocenters. The Morgan fingerprint density at radius 3 is 3.06 bits per heavy atom. The van der Waals surface area contributed by atoms with Gasteiger partial charge in [-0.25, -0.2) is 0 Å². The number of hydrogen-bond donors (Lipinski definition) is 1. The molecule has 0 bridgehead atoms. The van der Waals surface area contributed by atoms with Crippen molar-refractivity contribution in [2.75, 3.05) is 12.3 Å². The summed E-state index contributed by atoms with van der Waals surface area (Å²) in [6, 6.07) is 2.14. The predicted octanol–water partition coefficient (Wildman–Crippen LogP) is 1.50. The molecule has 2 rings (SSSR count). The van der Waals surface area contributed by atoms with Gasteiger partial charge in [-0.2, -0.15) is 5.26 Å². The summed E-state index contributed by atoms with van der Waals surface area (Å²) in [5, 5.41) is 9.56. The number of carbonyl (C=O) groups excluding carboxylic acids is 1. The topological polar surface area (TPSA) is 70.1 Å². The van der Waals surface area contributed by atoms with Crippen LogP contribution in [0.2, 0.25) is 0 Å². The number of nitriles is 1. The van der Waals surface area contributed by atoms with Gasteiger partial charge in [-0.3, -0.25) is 4.79 Å². The molecule has 0 saturated heterocycles. The molecule has 5 heteroatoms. The van der Waals surface area contributed by atoms with E-state index in [-0.39, 0.29) is 5.91 Å². The molecule has 0 unspecified atom stereocenters. The molecular formula is C11H13N3OS. The fourth-order valence-electron chi connectivity index (χ4n) is 1.98.